The number of aromatic nitrogens is 2. The average Bonchev–Trinajstić information content (AvgIpc) is 2.72. The molecule has 8 nitrogen and oxygen atoms in total. The molecule has 0 radical (unpaired) electrons. The molecule has 160 valence electrons. The number of hydrogen-bond donors (Lipinski definition) is 1. The van der Waals surface area contributed by atoms with Crippen molar-refractivity contribution in [2.75, 3.05) is 19.3 Å². The summed E-state index contributed by atoms with van der Waals surface area (Å²) in [6.07, 6.45) is 3.69. The van der Waals surface area contributed by atoms with Gasteiger partial charge in [-0.05, 0) is 31.4 Å². The standard InChI is InChI=1S/C20H23FN4O4S/c1-30(28,29)24-11-9-16-14(12-24)19(26)23-18(22-16)17-8-4-5-10-25(17)20(27)13-6-2-3-7-15(13)21/h2-3,6-7,17H,4-5,8-12H2,1H3,(H,22,23,26)/t17-/m1/s1. The number of sulfonamides is 1. The SMILES string of the molecule is CS(=O)(=O)N1CCc2nc([C@H]3CCCCN3C(=O)c3ccccc3F)[nH]c(=O)c2C1. The Bertz CT molecular complexity index is 1150. The quantitative estimate of drug-likeness (QED) is 0.790. The van der Waals surface area contributed by atoms with Crippen LogP contribution >= 0.6 is 0 Å². The molecule has 2 aliphatic rings. The fourth-order valence-corrected chi connectivity index (χ4v) is 4.90. The number of aromatic amines is 1. The monoisotopic (exact) mass is 434 g/mol. The maximum absolute atomic E-state index is 14.2. The van der Waals surface area contributed by atoms with Gasteiger partial charge in [-0.25, -0.2) is 17.8 Å². The van der Waals surface area contributed by atoms with Crippen LogP contribution in [0.3, 0.4) is 0 Å². The zero-order valence-electron chi connectivity index (χ0n) is 16.6. The Balaban J connectivity index is 1.67. The number of H-pyrrole nitrogens is 1. The summed E-state index contributed by atoms with van der Waals surface area (Å²) in [6, 6.07) is 5.38. The van der Waals surface area contributed by atoms with Crippen molar-refractivity contribution in [3.05, 3.63) is 63.1 Å². The number of hydrogen-bond acceptors (Lipinski definition) is 5. The highest BCUT2D eigenvalue weighted by Crippen LogP contribution is 2.31. The van der Waals surface area contributed by atoms with Gasteiger partial charge in [-0.15, -0.1) is 0 Å². The summed E-state index contributed by atoms with van der Waals surface area (Å²) in [4.78, 5) is 34.7. The molecule has 4 rings (SSSR count). The van der Waals surface area contributed by atoms with E-state index in [1.54, 1.807) is 11.0 Å². The number of carbonyl (C=O) groups excluding carboxylic acids is 1. The first kappa shape index (κ1) is 20.7. The highest BCUT2D eigenvalue weighted by molar-refractivity contribution is 7.88. The molecule has 30 heavy (non-hydrogen) atoms. The Hall–Kier alpha value is -2.59. The number of nitrogens with one attached hydrogen (secondary N) is 1. The van der Waals surface area contributed by atoms with E-state index in [1.807, 2.05) is 0 Å². The van der Waals surface area contributed by atoms with Crippen LogP contribution in [-0.2, 0) is 23.0 Å². The van der Waals surface area contributed by atoms with Gasteiger partial charge in [0, 0.05) is 26.1 Å². The zero-order valence-corrected chi connectivity index (χ0v) is 17.4. The Kier molecular flexibility index (Phi) is 5.46. The van der Waals surface area contributed by atoms with Crippen molar-refractivity contribution in [3.8, 4) is 0 Å². The lowest BCUT2D eigenvalue weighted by Gasteiger charge is -2.35. The first-order chi connectivity index (χ1) is 14.3. The van der Waals surface area contributed by atoms with Gasteiger partial charge in [-0.1, -0.05) is 12.1 Å². The van der Waals surface area contributed by atoms with Crippen LogP contribution in [0.5, 0.6) is 0 Å². The van der Waals surface area contributed by atoms with Crippen LogP contribution in [-0.4, -0.2) is 52.8 Å². The molecular formula is C20H23FN4O4S. The van der Waals surface area contributed by atoms with Gasteiger partial charge in [0.05, 0.1) is 29.1 Å². The molecule has 1 atom stereocenters. The maximum atomic E-state index is 14.2. The first-order valence-electron chi connectivity index (χ1n) is 9.88. The number of rotatable bonds is 3. The fourth-order valence-electron chi connectivity index (χ4n) is 4.11. The summed E-state index contributed by atoms with van der Waals surface area (Å²) in [5.74, 6) is -0.642. The van der Waals surface area contributed by atoms with Crippen molar-refractivity contribution in [1.82, 2.24) is 19.2 Å². The first-order valence-corrected chi connectivity index (χ1v) is 11.7. The molecule has 0 bridgehead atoms. The lowest BCUT2D eigenvalue weighted by atomic mass is 9.99. The molecule has 1 saturated heterocycles. The minimum absolute atomic E-state index is 0.00602. The second-order valence-corrected chi connectivity index (χ2v) is 9.70. The summed E-state index contributed by atoms with van der Waals surface area (Å²) in [5, 5.41) is 0. The Morgan fingerprint density at radius 1 is 1.23 bits per heavy atom. The molecule has 0 spiro atoms. The van der Waals surface area contributed by atoms with Gasteiger partial charge in [-0.3, -0.25) is 9.59 Å². The molecule has 0 saturated carbocycles. The predicted molar refractivity (Wildman–Crippen MR) is 108 cm³/mol. The van der Waals surface area contributed by atoms with E-state index in [0.29, 0.717) is 36.5 Å². The highest BCUT2D eigenvalue weighted by atomic mass is 32.2. The van der Waals surface area contributed by atoms with Gasteiger partial charge in [0.25, 0.3) is 11.5 Å². The van der Waals surface area contributed by atoms with Crippen molar-refractivity contribution >= 4 is 15.9 Å². The van der Waals surface area contributed by atoms with E-state index >= 15 is 0 Å². The minimum atomic E-state index is -3.41. The van der Waals surface area contributed by atoms with Gasteiger partial charge in [0.2, 0.25) is 10.0 Å². The zero-order chi connectivity index (χ0) is 21.5. The Morgan fingerprint density at radius 3 is 2.73 bits per heavy atom. The van der Waals surface area contributed by atoms with E-state index in [-0.39, 0.29) is 18.7 Å². The molecule has 0 unspecified atom stereocenters. The van der Waals surface area contributed by atoms with Crippen molar-refractivity contribution in [2.45, 2.75) is 38.3 Å². The Morgan fingerprint density at radius 2 is 2.00 bits per heavy atom. The summed E-state index contributed by atoms with van der Waals surface area (Å²) >= 11 is 0. The molecule has 3 heterocycles. The number of fused-ring (bicyclic) bond motifs is 1. The molecule has 2 aliphatic heterocycles. The number of likely N-dealkylation sites (tertiary alicyclic amines) is 1. The molecule has 1 amide bonds. The number of benzene rings is 1. The lowest BCUT2D eigenvalue weighted by molar-refractivity contribution is 0.0594. The number of nitrogens with zero attached hydrogens (tertiary/aromatic N) is 3. The van der Waals surface area contributed by atoms with Crippen LogP contribution in [0.15, 0.2) is 29.1 Å². The van der Waals surface area contributed by atoms with E-state index in [4.69, 9.17) is 0 Å². The molecule has 2 aromatic rings. The number of piperidine rings is 1. The van der Waals surface area contributed by atoms with Crippen molar-refractivity contribution < 1.29 is 17.6 Å². The summed E-state index contributed by atoms with van der Waals surface area (Å²) < 4.78 is 39.1. The summed E-state index contributed by atoms with van der Waals surface area (Å²) in [6.45, 7) is 0.685. The molecule has 10 heteroatoms. The van der Waals surface area contributed by atoms with E-state index in [1.165, 1.54) is 22.5 Å². The van der Waals surface area contributed by atoms with Gasteiger partial charge in [-0.2, -0.15) is 4.31 Å². The second-order valence-electron chi connectivity index (χ2n) is 7.71. The fraction of sp³-hybridized carbons (Fsp3) is 0.450. The van der Waals surface area contributed by atoms with Crippen LogP contribution in [0.25, 0.3) is 0 Å². The maximum Gasteiger partial charge on any atom is 0.257 e. The lowest BCUT2D eigenvalue weighted by Crippen LogP contribution is -2.42. The van der Waals surface area contributed by atoms with E-state index < -0.39 is 33.3 Å². The minimum Gasteiger partial charge on any atom is -0.328 e. The topological polar surface area (TPSA) is 103 Å². The van der Waals surface area contributed by atoms with Gasteiger partial charge in [0.1, 0.15) is 11.6 Å². The molecular weight excluding hydrogens is 411 g/mol. The predicted octanol–water partition coefficient (Wildman–Crippen LogP) is 1.59. The van der Waals surface area contributed by atoms with Crippen LogP contribution < -0.4 is 5.56 Å². The normalized spacial score (nSPS) is 20.1. The van der Waals surface area contributed by atoms with Crippen molar-refractivity contribution in [1.29, 1.82) is 0 Å². The summed E-state index contributed by atoms with van der Waals surface area (Å²) in [5.41, 5.74) is 0.483. The third kappa shape index (κ3) is 3.89. The molecule has 1 N–H and O–H groups in total. The van der Waals surface area contributed by atoms with Crippen molar-refractivity contribution in [2.24, 2.45) is 0 Å². The summed E-state index contributed by atoms with van der Waals surface area (Å²) in [7, 11) is -3.41. The molecule has 1 aromatic carbocycles. The van der Waals surface area contributed by atoms with Crippen molar-refractivity contribution in [3.63, 3.8) is 0 Å². The van der Waals surface area contributed by atoms with Crippen LogP contribution in [0, 0.1) is 5.82 Å². The largest absolute Gasteiger partial charge is 0.328 e. The van der Waals surface area contributed by atoms with E-state index in [0.717, 1.165) is 19.1 Å². The third-order valence-corrected chi connectivity index (χ3v) is 6.95. The van der Waals surface area contributed by atoms with Gasteiger partial charge in [0.15, 0.2) is 0 Å². The second kappa shape index (κ2) is 7.92. The van der Waals surface area contributed by atoms with E-state index in [9.17, 15) is 22.4 Å². The number of amides is 1. The number of carbonyl (C=O) groups is 1. The third-order valence-electron chi connectivity index (χ3n) is 5.70. The smallest absolute Gasteiger partial charge is 0.257 e. The Labute approximate surface area is 173 Å². The van der Waals surface area contributed by atoms with E-state index in [2.05, 4.69) is 9.97 Å². The van der Waals surface area contributed by atoms with Crippen LogP contribution in [0.2, 0.25) is 0 Å². The number of halogens is 1. The van der Waals surface area contributed by atoms with Crippen LogP contribution in [0.1, 0.15) is 52.7 Å². The highest BCUT2D eigenvalue weighted by Gasteiger charge is 2.33. The average molecular weight is 434 g/mol. The van der Waals surface area contributed by atoms with Gasteiger partial charge >= 0.3 is 0 Å². The molecule has 1 fully saturated rings. The van der Waals surface area contributed by atoms with Crippen LogP contribution in [0.4, 0.5) is 4.39 Å². The van der Waals surface area contributed by atoms with Gasteiger partial charge < -0.3 is 9.88 Å². The molecule has 0 aliphatic carbocycles. The molecule has 1 aromatic heterocycles.